The Kier molecular flexibility index (Phi) is 5.36. The maximum Gasteiger partial charge on any atom is 0.265 e. The van der Waals surface area contributed by atoms with E-state index >= 15 is 0 Å². The highest BCUT2D eigenvalue weighted by atomic mass is 32.1. The molecule has 2 aromatic carbocycles. The first-order valence-corrected chi connectivity index (χ1v) is 8.80. The maximum absolute atomic E-state index is 12.5. The number of methoxy groups -OCH3 is 1. The second-order valence-electron chi connectivity index (χ2n) is 5.45. The average molecular weight is 353 g/mol. The summed E-state index contributed by atoms with van der Waals surface area (Å²) in [6.45, 7) is 1.73. The summed E-state index contributed by atoms with van der Waals surface area (Å²) in [5.74, 6) is 1.17. The van der Waals surface area contributed by atoms with E-state index in [2.05, 4.69) is 5.32 Å². The van der Waals surface area contributed by atoms with Crippen LogP contribution in [0.15, 0.2) is 66.0 Å². The van der Waals surface area contributed by atoms with Gasteiger partial charge in [0.1, 0.15) is 11.5 Å². The molecule has 0 radical (unpaired) electrons. The minimum atomic E-state index is -0.621. The van der Waals surface area contributed by atoms with Gasteiger partial charge in [0, 0.05) is 16.1 Å². The Morgan fingerprint density at radius 3 is 2.40 bits per heavy atom. The molecule has 1 unspecified atom stereocenters. The molecule has 1 amide bonds. The van der Waals surface area contributed by atoms with Gasteiger partial charge in [-0.3, -0.25) is 4.79 Å². The van der Waals surface area contributed by atoms with Crippen molar-refractivity contribution in [3.8, 4) is 21.9 Å². The molecule has 0 saturated carbocycles. The number of amides is 1. The number of benzene rings is 2. The van der Waals surface area contributed by atoms with Crippen LogP contribution in [-0.2, 0) is 4.79 Å². The molecule has 1 N–H and O–H groups in total. The predicted octanol–water partition coefficient (Wildman–Crippen LogP) is 4.83. The summed E-state index contributed by atoms with van der Waals surface area (Å²) in [6.07, 6.45) is -0.621. The van der Waals surface area contributed by atoms with Crippen molar-refractivity contribution in [3.63, 3.8) is 0 Å². The molecule has 1 heterocycles. The van der Waals surface area contributed by atoms with Gasteiger partial charge in [0.25, 0.3) is 5.91 Å². The Morgan fingerprint density at radius 1 is 1.00 bits per heavy atom. The summed E-state index contributed by atoms with van der Waals surface area (Å²) >= 11 is 1.64. The lowest BCUT2D eigenvalue weighted by atomic mass is 10.1. The van der Waals surface area contributed by atoms with Crippen molar-refractivity contribution >= 4 is 22.9 Å². The number of para-hydroxylation sites is 1. The van der Waals surface area contributed by atoms with Crippen LogP contribution in [-0.4, -0.2) is 19.1 Å². The van der Waals surface area contributed by atoms with Crippen LogP contribution in [0.4, 0.5) is 5.69 Å². The predicted molar refractivity (Wildman–Crippen MR) is 101 cm³/mol. The van der Waals surface area contributed by atoms with E-state index in [1.54, 1.807) is 49.6 Å². The van der Waals surface area contributed by atoms with E-state index in [4.69, 9.17) is 9.47 Å². The number of ether oxygens (including phenoxy) is 2. The molecule has 0 spiro atoms. The Bertz CT molecular complexity index is 828. The summed E-state index contributed by atoms with van der Waals surface area (Å²) in [6, 6.07) is 18.9. The highest BCUT2D eigenvalue weighted by Crippen LogP contribution is 2.31. The normalized spacial score (nSPS) is 11.6. The van der Waals surface area contributed by atoms with Gasteiger partial charge >= 0.3 is 0 Å². The third-order valence-corrected chi connectivity index (χ3v) is 4.62. The van der Waals surface area contributed by atoms with Gasteiger partial charge in [-0.05, 0) is 48.7 Å². The second-order valence-corrected chi connectivity index (χ2v) is 6.40. The molecular formula is C20H19NO3S. The fourth-order valence-corrected chi connectivity index (χ4v) is 3.15. The van der Waals surface area contributed by atoms with Crippen molar-refractivity contribution in [3.05, 3.63) is 66.0 Å². The number of hydrogen-bond donors (Lipinski definition) is 1. The smallest absolute Gasteiger partial charge is 0.265 e. The number of anilines is 1. The molecule has 1 atom stereocenters. The Balaban J connectivity index is 1.69. The van der Waals surface area contributed by atoms with E-state index in [1.165, 1.54) is 0 Å². The number of carbonyl (C=O) groups is 1. The Labute approximate surface area is 151 Å². The van der Waals surface area contributed by atoms with Crippen LogP contribution in [0, 0.1) is 0 Å². The highest BCUT2D eigenvalue weighted by molar-refractivity contribution is 7.13. The molecule has 3 aromatic rings. The van der Waals surface area contributed by atoms with Crippen molar-refractivity contribution in [2.45, 2.75) is 13.0 Å². The van der Waals surface area contributed by atoms with Crippen molar-refractivity contribution in [2.75, 3.05) is 12.4 Å². The van der Waals surface area contributed by atoms with Gasteiger partial charge < -0.3 is 14.8 Å². The van der Waals surface area contributed by atoms with Crippen LogP contribution < -0.4 is 14.8 Å². The molecular weight excluding hydrogens is 334 g/mol. The summed E-state index contributed by atoms with van der Waals surface area (Å²) in [5, 5.41) is 4.98. The molecule has 0 aliphatic rings. The molecule has 0 saturated heterocycles. The molecule has 0 bridgehead atoms. The van der Waals surface area contributed by atoms with Crippen LogP contribution >= 0.6 is 11.3 Å². The second kappa shape index (κ2) is 7.85. The zero-order valence-electron chi connectivity index (χ0n) is 14.1. The van der Waals surface area contributed by atoms with Crippen LogP contribution in [0.25, 0.3) is 10.4 Å². The highest BCUT2D eigenvalue weighted by Gasteiger charge is 2.17. The molecule has 5 heteroatoms. The number of thiophene rings is 1. The van der Waals surface area contributed by atoms with Gasteiger partial charge in [-0.15, -0.1) is 11.3 Å². The van der Waals surface area contributed by atoms with Crippen molar-refractivity contribution in [2.24, 2.45) is 0 Å². The molecule has 0 fully saturated rings. The van der Waals surface area contributed by atoms with Gasteiger partial charge in [0.15, 0.2) is 6.10 Å². The largest absolute Gasteiger partial charge is 0.497 e. The number of hydrogen-bond acceptors (Lipinski definition) is 4. The van der Waals surface area contributed by atoms with E-state index in [0.717, 1.165) is 21.9 Å². The van der Waals surface area contributed by atoms with E-state index in [1.807, 2.05) is 41.8 Å². The van der Waals surface area contributed by atoms with Crippen molar-refractivity contribution in [1.82, 2.24) is 0 Å². The molecule has 0 aliphatic heterocycles. The van der Waals surface area contributed by atoms with E-state index in [0.29, 0.717) is 5.75 Å². The van der Waals surface area contributed by atoms with E-state index in [-0.39, 0.29) is 5.91 Å². The fraction of sp³-hybridized carbons (Fsp3) is 0.150. The topological polar surface area (TPSA) is 47.6 Å². The fourth-order valence-electron chi connectivity index (χ4n) is 2.39. The number of rotatable bonds is 6. The maximum atomic E-state index is 12.5. The number of nitrogens with one attached hydrogen (secondary N) is 1. The minimum Gasteiger partial charge on any atom is -0.497 e. The first-order valence-electron chi connectivity index (χ1n) is 7.92. The van der Waals surface area contributed by atoms with Crippen LogP contribution in [0.2, 0.25) is 0 Å². The number of carbonyl (C=O) groups excluding carboxylic acids is 1. The van der Waals surface area contributed by atoms with Crippen LogP contribution in [0.1, 0.15) is 6.92 Å². The van der Waals surface area contributed by atoms with Gasteiger partial charge in [-0.1, -0.05) is 24.3 Å². The summed E-state index contributed by atoms with van der Waals surface area (Å²) in [5.41, 5.74) is 1.78. The van der Waals surface area contributed by atoms with E-state index < -0.39 is 6.10 Å². The van der Waals surface area contributed by atoms with Crippen LogP contribution in [0.5, 0.6) is 11.5 Å². The van der Waals surface area contributed by atoms with Gasteiger partial charge in [-0.25, -0.2) is 0 Å². The molecule has 4 nitrogen and oxygen atoms in total. The first kappa shape index (κ1) is 17.0. The molecule has 128 valence electrons. The van der Waals surface area contributed by atoms with Gasteiger partial charge in [-0.2, -0.15) is 0 Å². The minimum absolute atomic E-state index is 0.195. The molecule has 1 aromatic heterocycles. The third-order valence-electron chi connectivity index (χ3n) is 3.71. The standard InChI is InChI=1S/C20H19NO3S/c1-14(24-16-11-9-15(23-2)10-12-16)20(22)21-18-7-4-3-6-17(18)19-8-5-13-25-19/h3-14H,1-2H3,(H,21,22). The third kappa shape index (κ3) is 4.19. The summed E-state index contributed by atoms with van der Waals surface area (Å²) < 4.78 is 10.8. The zero-order valence-corrected chi connectivity index (χ0v) is 14.9. The lowest BCUT2D eigenvalue weighted by Crippen LogP contribution is -2.30. The molecule has 0 aliphatic carbocycles. The first-order chi connectivity index (χ1) is 12.2. The molecule has 3 rings (SSSR count). The summed E-state index contributed by atoms with van der Waals surface area (Å²) in [4.78, 5) is 13.6. The molecule has 25 heavy (non-hydrogen) atoms. The lowest BCUT2D eigenvalue weighted by molar-refractivity contribution is -0.122. The van der Waals surface area contributed by atoms with E-state index in [9.17, 15) is 4.79 Å². The SMILES string of the molecule is COc1ccc(OC(C)C(=O)Nc2ccccc2-c2cccs2)cc1. The zero-order chi connectivity index (χ0) is 17.6. The van der Waals surface area contributed by atoms with Crippen LogP contribution in [0.3, 0.4) is 0 Å². The average Bonchev–Trinajstić information content (AvgIpc) is 3.17. The van der Waals surface area contributed by atoms with Gasteiger partial charge in [0.2, 0.25) is 0 Å². The Morgan fingerprint density at radius 2 is 1.72 bits per heavy atom. The Hall–Kier alpha value is -2.79. The van der Waals surface area contributed by atoms with Crippen molar-refractivity contribution in [1.29, 1.82) is 0 Å². The van der Waals surface area contributed by atoms with Gasteiger partial charge in [0.05, 0.1) is 7.11 Å². The van der Waals surface area contributed by atoms with Crippen molar-refractivity contribution < 1.29 is 14.3 Å². The lowest BCUT2D eigenvalue weighted by Gasteiger charge is -2.16. The summed E-state index contributed by atoms with van der Waals surface area (Å²) in [7, 11) is 1.61. The quantitative estimate of drug-likeness (QED) is 0.690. The monoisotopic (exact) mass is 353 g/mol.